The van der Waals surface area contributed by atoms with E-state index in [1.165, 1.54) is 0 Å². The zero-order valence-electron chi connectivity index (χ0n) is 9.29. The van der Waals surface area contributed by atoms with Crippen LogP contribution >= 0.6 is 0 Å². The maximum absolute atomic E-state index is 5.73. The third-order valence-corrected chi connectivity index (χ3v) is 1.62. The van der Waals surface area contributed by atoms with E-state index in [1.807, 2.05) is 28.2 Å². The van der Waals surface area contributed by atoms with E-state index < -0.39 is 0 Å². The molecule has 0 aromatic heterocycles. The lowest BCUT2D eigenvalue weighted by atomic mass is 10.5. The highest BCUT2D eigenvalue weighted by atomic mass is 16.5. The van der Waals surface area contributed by atoms with Crippen molar-refractivity contribution >= 4 is 0 Å². The van der Waals surface area contributed by atoms with E-state index in [-0.39, 0.29) is 0 Å². The number of ether oxygens (including phenoxy) is 1. The number of nitrogens with two attached hydrogens (primary N) is 2. The molecular formula is C8H24N4O+2. The van der Waals surface area contributed by atoms with E-state index in [4.69, 9.17) is 16.4 Å². The summed E-state index contributed by atoms with van der Waals surface area (Å²) in [6.07, 6.45) is 0. The number of rotatable bonds is 6. The summed E-state index contributed by atoms with van der Waals surface area (Å²) in [5.74, 6) is 11.5. The Morgan fingerprint density at radius 2 is 1.15 bits per heavy atom. The van der Waals surface area contributed by atoms with Gasteiger partial charge in [-0.3, -0.25) is 9.18 Å². The van der Waals surface area contributed by atoms with Crippen molar-refractivity contribution < 1.29 is 13.9 Å². The van der Waals surface area contributed by atoms with Crippen molar-refractivity contribution in [2.24, 2.45) is 11.7 Å². The average Bonchev–Trinajstić information content (AvgIpc) is 1.81. The van der Waals surface area contributed by atoms with Crippen molar-refractivity contribution in [2.75, 3.05) is 54.5 Å². The fourth-order valence-electron chi connectivity index (χ4n) is 0.702. The minimum atomic E-state index is 0.445. The van der Waals surface area contributed by atoms with E-state index in [0.29, 0.717) is 22.4 Å². The van der Waals surface area contributed by atoms with Crippen molar-refractivity contribution in [1.29, 1.82) is 0 Å². The van der Waals surface area contributed by atoms with Gasteiger partial charge in [0.2, 0.25) is 0 Å². The number of hydrogen-bond donors (Lipinski definition) is 2. The third kappa shape index (κ3) is 11.8. The maximum atomic E-state index is 5.73. The molecule has 80 valence electrons. The van der Waals surface area contributed by atoms with Crippen LogP contribution in [0.25, 0.3) is 0 Å². The first kappa shape index (κ1) is 12.8. The first-order valence-electron chi connectivity index (χ1n) is 4.52. The van der Waals surface area contributed by atoms with Crippen LogP contribution in [0.2, 0.25) is 0 Å². The molecule has 5 heteroatoms. The van der Waals surface area contributed by atoms with Gasteiger partial charge in [0.05, 0.1) is 41.4 Å². The van der Waals surface area contributed by atoms with Gasteiger partial charge in [0.1, 0.15) is 13.1 Å². The SMILES string of the molecule is C[N+](C)(N)CCOCC[N+](C)(C)N. The second-order valence-electron chi connectivity index (χ2n) is 4.62. The minimum absolute atomic E-state index is 0.445. The summed E-state index contributed by atoms with van der Waals surface area (Å²) in [6, 6.07) is 0. The van der Waals surface area contributed by atoms with Gasteiger partial charge in [-0.15, -0.1) is 0 Å². The van der Waals surface area contributed by atoms with Crippen molar-refractivity contribution in [2.45, 2.75) is 0 Å². The predicted octanol–water partition coefficient (Wildman–Crippen LogP) is -1.10. The molecule has 0 atom stereocenters. The molecule has 0 spiro atoms. The molecule has 0 rings (SSSR count). The smallest absolute Gasteiger partial charge is 0.119 e. The van der Waals surface area contributed by atoms with Crippen LogP contribution in [0.3, 0.4) is 0 Å². The quantitative estimate of drug-likeness (QED) is 0.243. The molecule has 0 bridgehead atoms. The second kappa shape index (κ2) is 4.88. The molecule has 0 fully saturated rings. The summed E-state index contributed by atoms with van der Waals surface area (Å²) >= 11 is 0. The lowest BCUT2D eigenvalue weighted by molar-refractivity contribution is -0.906. The van der Waals surface area contributed by atoms with Crippen LogP contribution in [0.15, 0.2) is 0 Å². The Kier molecular flexibility index (Phi) is 4.80. The lowest BCUT2D eigenvalue weighted by Gasteiger charge is -2.24. The Labute approximate surface area is 81.0 Å². The molecule has 0 radical (unpaired) electrons. The molecular weight excluding hydrogens is 168 g/mol. The van der Waals surface area contributed by atoms with Gasteiger partial charge in [-0.05, 0) is 0 Å². The monoisotopic (exact) mass is 192 g/mol. The fraction of sp³-hybridized carbons (Fsp3) is 1.00. The van der Waals surface area contributed by atoms with Gasteiger partial charge >= 0.3 is 0 Å². The summed E-state index contributed by atoms with van der Waals surface area (Å²) in [7, 11) is 7.75. The summed E-state index contributed by atoms with van der Waals surface area (Å²) in [6.45, 7) is 3.00. The highest BCUT2D eigenvalue weighted by Crippen LogP contribution is 1.88. The van der Waals surface area contributed by atoms with Gasteiger partial charge in [0.15, 0.2) is 0 Å². The van der Waals surface area contributed by atoms with Gasteiger partial charge in [-0.2, -0.15) is 11.7 Å². The molecule has 13 heavy (non-hydrogen) atoms. The largest absolute Gasteiger partial charge is 0.370 e. The first-order valence-corrected chi connectivity index (χ1v) is 4.52. The Hall–Kier alpha value is -0.200. The van der Waals surface area contributed by atoms with Crippen LogP contribution in [-0.4, -0.2) is 63.7 Å². The van der Waals surface area contributed by atoms with Crippen LogP contribution < -0.4 is 11.7 Å². The second-order valence-corrected chi connectivity index (χ2v) is 4.62. The van der Waals surface area contributed by atoms with Crippen molar-refractivity contribution in [3.63, 3.8) is 0 Å². The Morgan fingerprint density at radius 3 is 1.38 bits per heavy atom. The Morgan fingerprint density at radius 1 is 0.846 bits per heavy atom. The molecule has 0 amide bonds. The fourth-order valence-corrected chi connectivity index (χ4v) is 0.702. The maximum Gasteiger partial charge on any atom is 0.119 e. The number of quaternary nitrogens is 2. The third-order valence-electron chi connectivity index (χ3n) is 1.62. The zero-order chi connectivity index (χ0) is 10.5. The number of hydrogen-bond acceptors (Lipinski definition) is 3. The van der Waals surface area contributed by atoms with Gasteiger partial charge in [-0.1, -0.05) is 0 Å². The van der Waals surface area contributed by atoms with Crippen molar-refractivity contribution in [3.8, 4) is 0 Å². The van der Waals surface area contributed by atoms with Crippen LogP contribution in [0.5, 0.6) is 0 Å². The molecule has 0 aromatic carbocycles. The van der Waals surface area contributed by atoms with E-state index in [2.05, 4.69) is 0 Å². The van der Waals surface area contributed by atoms with E-state index in [0.717, 1.165) is 13.1 Å². The van der Waals surface area contributed by atoms with E-state index in [1.54, 1.807) is 0 Å². The van der Waals surface area contributed by atoms with Crippen molar-refractivity contribution in [3.05, 3.63) is 0 Å². The summed E-state index contributed by atoms with van der Waals surface area (Å²) < 4.78 is 6.29. The first-order chi connectivity index (χ1) is 5.71. The van der Waals surface area contributed by atoms with E-state index >= 15 is 0 Å². The normalized spacial score (nSPS) is 13.4. The molecule has 0 aromatic rings. The Balaban J connectivity index is 3.28. The molecule has 0 saturated heterocycles. The molecule has 5 nitrogen and oxygen atoms in total. The number of nitrogens with zero attached hydrogens (tertiary/aromatic N) is 2. The standard InChI is InChI=1S/C8H24N4O/c1-11(2,9)5-7-13-8-6-12(3,4)10/h5-10H2,1-4H3/q+2. The topological polar surface area (TPSA) is 61.3 Å². The van der Waals surface area contributed by atoms with Crippen LogP contribution in [0, 0.1) is 0 Å². The van der Waals surface area contributed by atoms with Crippen LogP contribution in [0.4, 0.5) is 0 Å². The molecule has 0 aliphatic carbocycles. The lowest BCUT2D eigenvalue weighted by Crippen LogP contribution is -2.50. The summed E-state index contributed by atoms with van der Waals surface area (Å²) in [5, 5.41) is 0. The van der Waals surface area contributed by atoms with Crippen LogP contribution in [-0.2, 0) is 4.74 Å². The summed E-state index contributed by atoms with van der Waals surface area (Å²) in [4.78, 5) is 0. The Bertz CT molecular complexity index is 120. The summed E-state index contributed by atoms with van der Waals surface area (Å²) in [5.41, 5.74) is 0. The predicted molar refractivity (Wildman–Crippen MR) is 53.1 cm³/mol. The van der Waals surface area contributed by atoms with Crippen LogP contribution in [0.1, 0.15) is 0 Å². The zero-order valence-corrected chi connectivity index (χ0v) is 9.29. The molecule has 0 saturated carbocycles. The van der Waals surface area contributed by atoms with Gasteiger partial charge in [0.25, 0.3) is 0 Å². The minimum Gasteiger partial charge on any atom is -0.370 e. The van der Waals surface area contributed by atoms with Crippen molar-refractivity contribution in [1.82, 2.24) is 0 Å². The molecule has 4 N–H and O–H groups in total. The molecule has 0 heterocycles. The average molecular weight is 192 g/mol. The molecule has 0 aliphatic rings. The highest BCUT2D eigenvalue weighted by Gasteiger charge is 2.09. The highest BCUT2D eigenvalue weighted by molar-refractivity contribution is 4.30. The molecule has 0 aliphatic heterocycles. The van der Waals surface area contributed by atoms with Gasteiger partial charge < -0.3 is 4.74 Å². The van der Waals surface area contributed by atoms with E-state index in [9.17, 15) is 0 Å². The van der Waals surface area contributed by atoms with Gasteiger partial charge in [-0.25, -0.2) is 0 Å². The number of likely N-dealkylation sites (N-methyl/N-ethyl adjacent to an activating group) is 2. The molecule has 0 unspecified atom stereocenters. The van der Waals surface area contributed by atoms with Gasteiger partial charge in [0, 0.05) is 0 Å².